The Bertz CT molecular complexity index is 1180. The molecule has 0 saturated carbocycles. The van der Waals surface area contributed by atoms with Crippen molar-refractivity contribution in [2.45, 2.75) is 44.1 Å². The van der Waals surface area contributed by atoms with Crippen molar-refractivity contribution in [3.8, 4) is 0 Å². The van der Waals surface area contributed by atoms with E-state index < -0.39 is 17.6 Å². The number of halogens is 3. The van der Waals surface area contributed by atoms with Gasteiger partial charge >= 0.3 is 6.18 Å². The molecule has 0 spiro atoms. The van der Waals surface area contributed by atoms with Crippen LogP contribution in [0.4, 0.5) is 18.9 Å². The summed E-state index contributed by atoms with van der Waals surface area (Å²) in [6.45, 7) is 2.22. The number of thioether (sulfide) groups is 1. The van der Waals surface area contributed by atoms with E-state index in [1.165, 1.54) is 39.0 Å². The van der Waals surface area contributed by atoms with Crippen molar-refractivity contribution >= 4 is 44.9 Å². The summed E-state index contributed by atoms with van der Waals surface area (Å²) in [4.78, 5) is 31.7. The molecular formula is C20H18F3N3O2S2. The number of aryl methyl sites for hydroxylation is 2. The SMILES string of the molecule is CCn1c(SCC(=O)Nc2ccccc2C(F)(F)F)nc2sc3c(c2c1=O)CCC3. The third-order valence-electron chi connectivity index (χ3n) is 4.94. The van der Waals surface area contributed by atoms with Crippen molar-refractivity contribution in [1.29, 1.82) is 0 Å². The van der Waals surface area contributed by atoms with Crippen LogP contribution in [0.15, 0.2) is 34.2 Å². The Kier molecular flexibility index (Phi) is 5.63. The summed E-state index contributed by atoms with van der Waals surface area (Å²) in [6.07, 6.45) is -1.69. The highest BCUT2D eigenvalue weighted by molar-refractivity contribution is 7.99. The third kappa shape index (κ3) is 3.85. The summed E-state index contributed by atoms with van der Waals surface area (Å²) in [7, 11) is 0. The second-order valence-corrected chi connectivity index (χ2v) is 8.89. The van der Waals surface area contributed by atoms with Crippen LogP contribution in [0.1, 0.15) is 29.3 Å². The fourth-order valence-corrected chi connectivity index (χ4v) is 5.77. The van der Waals surface area contributed by atoms with Gasteiger partial charge in [0.15, 0.2) is 5.16 Å². The van der Waals surface area contributed by atoms with E-state index in [0.717, 1.165) is 42.7 Å². The number of carbonyl (C=O) groups is 1. The molecule has 0 bridgehead atoms. The number of fused-ring (bicyclic) bond motifs is 3. The molecule has 3 aromatic rings. The number of benzene rings is 1. The van der Waals surface area contributed by atoms with Gasteiger partial charge in [-0.2, -0.15) is 13.2 Å². The molecule has 1 aliphatic carbocycles. The molecule has 0 fully saturated rings. The van der Waals surface area contributed by atoms with E-state index in [-0.39, 0.29) is 17.0 Å². The normalized spacial score (nSPS) is 13.6. The molecule has 2 heterocycles. The Labute approximate surface area is 178 Å². The van der Waals surface area contributed by atoms with Crippen LogP contribution in [0.5, 0.6) is 0 Å². The second-order valence-electron chi connectivity index (χ2n) is 6.86. The zero-order chi connectivity index (χ0) is 21.5. The van der Waals surface area contributed by atoms with Crippen molar-refractivity contribution < 1.29 is 18.0 Å². The lowest BCUT2D eigenvalue weighted by Crippen LogP contribution is -2.24. The Morgan fingerprint density at radius 2 is 2.07 bits per heavy atom. The van der Waals surface area contributed by atoms with E-state index in [1.807, 2.05) is 6.92 Å². The summed E-state index contributed by atoms with van der Waals surface area (Å²) in [5.74, 6) is -0.753. The second kappa shape index (κ2) is 8.07. The summed E-state index contributed by atoms with van der Waals surface area (Å²) in [5, 5.41) is 3.38. The molecule has 4 rings (SSSR count). The van der Waals surface area contributed by atoms with Crippen molar-refractivity contribution in [2.75, 3.05) is 11.1 Å². The highest BCUT2D eigenvalue weighted by Crippen LogP contribution is 2.36. The zero-order valence-corrected chi connectivity index (χ0v) is 17.6. The first-order chi connectivity index (χ1) is 14.3. The quantitative estimate of drug-likeness (QED) is 0.449. The standard InChI is InChI=1S/C20H18F3N3O2S2/c1-2-26-18(28)16-11-6-5-9-14(11)30-17(16)25-19(26)29-10-15(27)24-13-8-4-3-7-12(13)20(21,22)23/h3-4,7-8H,2,5-6,9-10H2,1H3,(H,24,27). The monoisotopic (exact) mass is 453 g/mol. The van der Waals surface area contributed by atoms with Gasteiger partial charge in [0, 0.05) is 11.4 Å². The van der Waals surface area contributed by atoms with E-state index in [0.29, 0.717) is 21.9 Å². The fourth-order valence-electron chi connectivity index (χ4n) is 3.60. The number of aromatic nitrogens is 2. The maximum absolute atomic E-state index is 13.1. The number of para-hydroxylation sites is 1. The number of nitrogens with one attached hydrogen (secondary N) is 1. The van der Waals surface area contributed by atoms with E-state index in [4.69, 9.17) is 0 Å². The first-order valence-corrected chi connectivity index (χ1v) is 11.2. The molecule has 0 saturated heterocycles. The number of anilines is 1. The average Bonchev–Trinajstić information content (AvgIpc) is 3.26. The zero-order valence-electron chi connectivity index (χ0n) is 16.0. The van der Waals surface area contributed by atoms with Gasteiger partial charge in [-0.05, 0) is 43.9 Å². The number of carbonyl (C=O) groups excluding carboxylic acids is 1. The Morgan fingerprint density at radius 3 is 2.80 bits per heavy atom. The summed E-state index contributed by atoms with van der Waals surface area (Å²) < 4.78 is 40.8. The summed E-state index contributed by atoms with van der Waals surface area (Å²) in [6, 6.07) is 4.83. The topological polar surface area (TPSA) is 64.0 Å². The van der Waals surface area contributed by atoms with Crippen LogP contribution >= 0.6 is 23.1 Å². The van der Waals surface area contributed by atoms with Crippen molar-refractivity contribution in [3.05, 3.63) is 50.6 Å². The number of nitrogens with zero attached hydrogens (tertiary/aromatic N) is 2. The van der Waals surface area contributed by atoms with E-state index >= 15 is 0 Å². The van der Waals surface area contributed by atoms with E-state index in [2.05, 4.69) is 10.3 Å². The highest BCUT2D eigenvalue weighted by atomic mass is 32.2. The molecule has 1 aliphatic rings. The fraction of sp³-hybridized carbons (Fsp3) is 0.350. The molecule has 0 aliphatic heterocycles. The molecule has 1 aromatic carbocycles. The Hall–Kier alpha value is -2.33. The van der Waals surface area contributed by atoms with Crippen molar-refractivity contribution in [3.63, 3.8) is 0 Å². The number of hydrogen-bond acceptors (Lipinski definition) is 5. The molecule has 158 valence electrons. The minimum atomic E-state index is -4.56. The smallest absolute Gasteiger partial charge is 0.325 e. The predicted octanol–water partition coefficient (Wildman–Crippen LogP) is 4.72. The van der Waals surface area contributed by atoms with Gasteiger partial charge in [-0.15, -0.1) is 11.3 Å². The van der Waals surface area contributed by atoms with Gasteiger partial charge in [0.2, 0.25) is 5.91 Å². The molecule has 0 radical (unpaired) electrons. The van der Waals surface area contributed by atoms with E-state index in [1.54, 1.807) is 0 Å². The van der Waals surface area contributed by atoms with Crippen molar-refractivity contribution in [1.82, 2.24) is 9.55 Å². The van der Waals surface area contributed by atoms with Crippen molar-refractivity contribution in [2.24, 2.45) is 0 Å². The molecule has 0 atom stereocenters. The number of alkyl halides is 3. The lowest BCUT2D eigenvalue weighted by Gasteiger charge is -2.14. The average molecular weight is 454 g/mol. The van der Waals surface area contributed by atoms with Gasteiger partial charge in [0.25, 0.3) is 5.56 Å². The van der Waals surface area contributed by atoms with Gasteiger partial charge < -0.3 is 5.32 Å². The minimum Gasteiger partial charge on any atom is -0.325 e. The molecular weight excluding hydrogens is 435 g/mol. The van der Waals surface area contributed by atoms with Gasteiger partial charge in [-0.25, -0.2) is 4.98 Å². The maximum atomic E-state index is 13.1. The lowest BCUT2D eigenvalue weighted by atomic mass is 10.1. The van der Waals surface area contributed by atoms with Crippen LogP contribution in [-0.4, -0.2) is 21.2 Å². The molecule has 0 unspecified atom stereocenters. The molecule has 1 N–H and O–H groups in total. The predicted molar refractivity (Wildman–Crippen MR) is 112 cm³/mol. The van der Waals surface area contributed by atoms with Gasteiger partial charge in [0.1, 0.15) is 4.83 Å². The van der Waals surface area contributed by atoms with Crippen LogP contribution in [0, 0.1) is 0 Å². The summed E-state index contributed by atoms with van der Waals surface area (Å²) >= 11 is 2.56. The first kappa shape index (κ1) is 20.9. The minimum absolute atomic E-state index is 0.118. The van der Waals surface area contributed by atoms with Crippen LogP contribution in [0.2, 0.25) is 0 Å². The molecule has 1 amide bonds. The third-order valence-corrected chi connectivity index (χ3v) is 7.11. The largest absolute Gasteiger partial charge is 0.418 e. The first-order valence-electron chi connectivity index (χ1n) is 9.43. The van der Waals surface area contributed by atoms with Gasteiger partial charge in [-0.1, -0.05) is 23.9 Å². The molecule has 5 nitrogen and oxygen atoms in total. The van der Waals surface area contributed by atoms with Crippen LogP contribution in [-0.2, 0) is 30.4 Å². The number of amides is 1. The number of hydrogen-bond donors (Lipinski definition) is 1. The van der Waals surface area contributed by atoms with E-state index in [9.17, 15) is 22.8 Å². The van der Waals surface area contributed by atoms with Crippen LogP contribution in [0.25, 0.3) is 10.2 Å². The lowest BCUT2D eigenvalue weighted by molar-refractivity contribution is -0.137. The molecule has 2 aromatic heterocycles. The maximum Gasteiger partial charge on any atom is 0.418 e. The van der Waals surface area contributed by atoms with Gasteiger partial charge in [-0.3, -0.25) is 14.2 Å². The molecule has 10 heteroatoms. The summed E-state index contributed by atoms with van der Waals surface area (Å²) in [5.41, 5.74) is -0.219. The van der Waals surface area contributed by atoms with Crippen LogP contribution < -0.4 is 10.9 Å². The van der Waals surface area contributed by atoms with Crippen LogP contribution in [0.3, 0.4) is 0 Å². The Balaban J connectivity index is 1.56. The highest BCUT2D eigenvalue weighted by Gasteiger charge is 2.33. The van der Waals surface area contributed by atoms with Gasteiger partial charge in [0.05, 0.1) is 22.4 Å². The molecule has 30 heavy (non-hydrogen) atoms. The number of thiophene rings is 1. The Morgan fingerprint density at radius 1 is 1.30 bits per heavy atom. The number of rotatable bonds is 5.